The van der Waals surface area contributed by atoms with E-state index in [9.17, 15) is 9.59 Å². The van der Waals surface area contributed by atoms with Crippen LogP contribution in [0.5, 0.6) is 0 Å². The first-order valence-electron chi connectivity index (χ1n) is 9.50. The van der Waals surface area contributed by atoms with Crippen LogP contribution in [0.15, 0.2) is 88.7 Å². The number of benzene rings is 2. The van der Waals surface area contributed by atoms with E-state index >= 15 is 0 Å². The van der Waals surface area contributed by atoms with Crippen LogP contribution in [0, 0.1) is 6.92 Å². The monoisotopic (exact) mass is 413 g/mol. The zero-order chi connectivity index (χ0) is 21.6. The van der Waals surface area contributed by atoms with Crippen molar-refractivity contribution in [2.45, 2.75) is 6.92 Å². The Kier molecular flexibility index (Phi) is 5.70. The van der Waals surface area contributed by atoms with Gasteiger partial charge in [-0.1, -0.05) is 35.9 Å². The molecule has 2 N–H and O–H groups in total. The Hall–Kier alpha value is -4.46. The van der Waals surface area contributed by atoms with Crippen LogP contribution < -0.4 is 10.7 Å². The van der Waals surface area contributed by atoms with Gasteiger partial charge >= 0.3 is 11.8 Å². The molecule has 0 bridgehead atoms. The van der Waals surface area contributed by atoms with Gasteiger partial charge in [0.05, 0.1) is 18.2 Å². The number of carbonyl (C=O) groups is 2. The summed E-state index contributed by atoms with van der Waals surface area (Å²) in [6, 6.07) is 20.2. The van der Waals surface area contributed by atoms with Crippen LogP contribution in [0.25, 0.3) is 17.1 Å². The number of hydrogen-bond acceptors (Lipinski definition) is 5. The molecule has 2 amide bonds. The van der Waals surface area contributed by atoms with Gasteiger partial charge in [0.2, 0.25) is 0 Å². The van der Waals surface area contributed by atoms with Gasteiger partial charge in [0, 0.05) is 17.4 Å². The third-order valence-corrected chi connectivity index (χ3v) is 4.40. The van der Waals surface area contributed by atoms with E-state index in [-0.39, 0.29) is 0 Å². The minimum Gasteiger partial charge on any atom is -0.463 e. The number of carbonyl (C=O) groups excluding carboxylic acids is 2. The van der Waals surface area contributed by atoms with E-state index < -0.39 is 11.8 Å². The number of hydrogen-bond donors (Lipinski definition) is 2. The summed E-state index contributed by atoms with van der Waals surface area (Å²) in [4.78, 5) is 24.1. The largest absolute Gasteiger partial charge is 0.463 e. The summed E-state index contributed by atoms with van der Waals surface area (Å²) in [6.07, 6.45) is 4.73. The first-order valence-corrected chi connectivity index (χ1v) is 9.50. The molecule has 0 aliphatic rings. The molecular formula is C23H19N5O3. The molecule has 31 heavy (non-hydrogen) atoms. The molecule has 0 spiro atoms. The number of furan rings is 1. The number of nitrogens with zero attached hydrogens (tertiary/aromatic N) is 3. The lowest BCUT2D eigenvalue weighted by molar-refractivity contribution is -0.136. The number of anilines is 1. The molecule has 0 saturated carbocycles. The van der Waals surface area contributed by atoms with E-state index in [2.05, 4.69) is 20.9 Å². The van der Waals surface area contributed by atoms with E-state index in [1.165, 1.54) is 6.21 Å². The summed E-state index contributed by atoms with van der Waals surface area (Å²) < 4.78 is 7.15. The summed E-state index contributed by atoms with van der Waals surface area (Å²) in [5.41, 5.74) is 5.83. The summed E-state index contributed by atoms with van der Waals surface area (Å²) in [5.74, 6) is -1.14. The van der Waals surface area contributed by atoms with Crippen molar-refractivity contribution in [1.29, 1.82) is 0 Å². The number of aromatic nitrogens is 2. The minimum absolute atomic E-state index is 0.527. The first-order chi connectivity index (χ1) is 15.1. The Balaban J connectivity index is 1.49. The number of amides is 2. The second kappa shape index (κ2) is 8.91. The molecule has 8 heteroatoms. The summed E-state index contributed by atoms with van der Waals surface area (Å²) >= 11 is 0. The normalized spacial score (nSPS) is 10.9. The van der Waals surface area contributed by atoms with Crippen LogP contribution in [0.4, 0.5) is 5.69 Å². The van der Waals surface area contributed by atoms with E-state index in [4.69, 9.17) is 4.42 Å². The highest BCUT2D eigenvalue weighted by molar-refractivity contribution is 6.39. The Morgan fingerprint density at radius 3 is 2.48 bits per heavy atom. The summed E-state index contributed by atoms with van der Waals surface area (Å²) in [7, 11) is 0. The SMILES string of the molecule is Cc1ccc(NC(=O)C(=O)N/N=C\c2cn(-c3ccccc3)nc2-c2ccco2)cc1. The fourth-order valence-electron chi connectivity index (χ4n) is 2.84. The molecule has 0 unspecified atom stereocenters. The standard InChI is InChI=1S/C23H19N5O3/c1-16-9-11-18(12-10-16)25-22(29)23(30)26-24-14-17-15-28(19-6-3-2-4-7-19)27-21(17)20-8-5-13-31-20/h2-15H,1H3,(H,25,29)(H,26,30)/b24-14-. The van der Waals surface area contributed by atoms with Gasteiger partial charge in [0.25, 0.3) is 0 Å². The zero-order valence-corrected chi connectivity index (χ0v) is 16.6. The van der Waals surface area contributed by atoms with Crippen LogP contribution in [-0.2, 0) is 9.59 Å². The van der Waals surface area contributed by atoms with Crippen molar-refractivity contribution in [2.75, 3.05) is 5.32 Å². The van der Waals surface area contributed by atoms with Crippen LogP contribution >= 0.6 is 0 Å². The first kappa shape index (κ1) is 19.8. The molecule has 0 atom stereocenters. The number of rotatable bonds is 5. The molecule has 0 aliphatic heterocycles. The van der Waals surface area contributed by atoms with Crippen molar-refractivity contribution < 1.29 is 14.0 Å². The third-order valence-electron chi connectivity index (χ3n) is 4.40. The highest BCUT2D eigenvalue weighted by Crippen LogP contribution is 2.23. The fourth-order valence-corrected chi connectivity index (χ4v) is 2.84. The van der Waals surface area contributed by atoms with Gasteiger partial charge in [0.15, 0.2) is 5.76 Å². The molecule has 0 saturated heterocycles. The van der Waals surface area contributed by atoms with Crippen LogP contribution in [0.1, 0.15) is 11.1 Å². The lowest BCUT2D eigenvalue weighted by Gasteiger charge is -2.04. The maximum atomic E-state index is 12.1. The van der Waals surface area contributed by atoms with Crippen molar-refractivity contribution in [3.63, 3.8) is 0 Å². The Bertz CT molecular complexity index is 1210. The van der Waals surface area contributed by atoms with Crippen molar-refractivity contribution in [3.8, 4) is 17.1 Å². The quantitative estimate of drug-likeness (QED) is 0.297. The maximum Gasteiger partial charge on any atom is 0.329 e. The molecule has 154 valence electrons. The second-order valence-electron chi connectivity index (χ2n) is 6.71. The van der Waals surface area contributed by atoms with E-state index in [0.29, 0.717) is 22.7 Å². The Labute approximate surface area is 178 Å². The van der Waals surface area contributed by atoms with Crippen molar-refractivity contribution in [1.82, 2.24) is 15.2 Å². The third kappa shape index (κ3) is 4.76. The fraction of sp³-hybridized carbons (Fsp3) is 0.0435. The molecule has 0 fully saturated rings. The van der Waals surface area contributed by atoms with Gasteiger partial charge in [-0.15, -0.1) is 0 Å². The molecule has 2 aromatic heterocycles. The summed E-state index contributed by atoms with van der Waals surface area (Å²) in [5, 5.41) is 11.0. The topological polar surface area (TPSA) is 102 Å². The molecule has 0 radical (unpaired) electrons. The second-order valence-corrected chi connectivity index (χ2v) is 6.71. The molecule has 4 aromatic rings. The van der Waals surface area contributed by atoms with Gasteiger partial charge in [-0.05, 0) is 43.3 Å². The predicted octanol–water partition coefficient (Wildman–Crippen LogP) is 3.53. The van der Waals surface area contributed by atoms with Gasteiger partial charge in [-0.3, -0.25) is 9.59 Å². The average Bonchev–Trinajstić information content (AvgIpc) is 3.46. The highest BCUT2D eigenvalue weighted by atomic mass is 16.3. The van der Waals surface area contributed by atoms with Crippen molar-refractivity contribution in [3.05, 3.63) is 90.3 Å². The Morgan fingerprint density at radius 2 is 1.77 bits per heavy atom. The molecule has 2 heterocycles. The molecule has 8 nitrogen and oxygen atoms in total. The lowest BCUT2D eigenvalue weighted by Crippen LogP contribution is -2.32. The molecule has 2 aromatic carbocycles. The number of para-hydroxylation sites is 1. The van der Waals surface area contributed by atoms with Gasteiger partial charge in [-0.2, -0.15) is 10.2 Å². The van der Waals surface area contributed by atoms with Crippen molar-refractivity contribution >= 4 is 23.7 Å². The number of hydrazone groups is 1. The number of aryl methyl sites for hydroxylation is 1. The van der Waals surface area contributed by atoms with Crippen LogP contribution in [0.2, 0.25) is 0 Å². The Morgan fingerprint density at radius 1 is 1.00 bits per heavy atom. The van der Waals surface area contributed by atoms with Gasteiger partial charge < -0.3 is 9.73 Å². The summed E-state index contributed by atoms with van der Waals surface area (Å²) in [6.45, 7) is 1.93. The predicted molar refractivity (Wildman–Crippen MR) is 117 cm³/mol. The minimum atomic E-state index is -0.883. The lowest BCUT2D eigenvalue weighted by atomic mass is 10.2. The average molecular weight is 413 g/mol. The van der Waals surface area contributed by atoms with Crippen LogP contribution in [0.3, 0.4) is 0 Å². The molecule has 0 aliphatic carbocycles. The van der Waals surface area contributed by atoms with E-state index in [0.717, 1.165) is 11.3 Å². The highest BCUT2D eigenvalue weighted by Gasteiger charge is 2.15. The molecule has 4 rings (SSSR count). The van der Waals surface area contributed by atoms with E-state index in [1.54, 1.807) is 41.4 Å². The zero-order valence-electron chi connectivity index (χ0n) is 16.6. The van der Waals surface area contributed by atoms with Crippen LogP contribution in [-0.4, -0.2) is 27.8 Å². The molecular weight excluding hydrogens is 394 g/mol. The van der Waals surface area contributed by atoms with Gasteiger partial charge in [0.1, 0.15) is 5.69 Å². The maximum absolute atomic E-state index is 12.1. The van der Waals surface area contributed by atoms with Gasteiger partial charge in [-0.25, -0.2) is 10.1 Å². The van der Waals surface area contributed by atoms with Crippen molar-refractivity contribution in [2.24, 2.45) is 5.10 Å². The smallest absolute Gasteiger partial charge is 0.329 e. The van der Waals surface area contributed by atoms with E-state index in [1.807, 2.05) is 49.4 Å². The number of nitrogens with one attached hydrogen (secondary N) is 2.